The molecule has 0 aromatic heterocycles. The van der Waals surface area contributed by atoms with Crippen LogP contribution in [0.2, 0.25) is 0 Å². The predicted molar refractivity (Wildman–Crippen MR) is 61.9 cm³/mol. The Labute approximate surface area is 107 Å². The van der Waals surface area contributed by atoms with Gasteiger partial charge in [0.25, 0.3) is 0 Å². The average molecular weight is 274 g/mol. The molecule has 2 amide bonds. The van der Waals surface area contributed by atoms with Gasteiger partial charge in [-0.15, -0.1) is 0 Å². The van der Waals surface area contributed by atoms with E-state index < -0.39 is 29.6 Å². The summed E-state index contributed by atoms with van der Waals surface area (Å²) in [5.41, 5.74) is 4.80. The molecule has 0 aliphatic carbocycles. The van der Waals surface area contributed by atoms with Crippen LogP contribution in [-0.2, 0) is 22.2 Å². The zero-order valence-electron chi connectivity index (χ0n) is 10.1. The lowest BCUT2D eigenvalue weighted by Gasteiger charge is -2.14. The number of hydrogen-bond donors (Lipinski definition) is 2. The molecule has 1 atom stereocenters. The molecule has 104 valence electrons. The Morgan fingerprint density at radius 3 is 2.16 bits per heavy atom. The van der Waals surface area contributed by atoms with E-state index in [1.165, 1.54) is 19.1 Å². The molecule has 1 rings (SSSR count). The van der Waals surface area contributed by atoms with Crippen molar-refractivity contribution in [3.8, 4) is 0 Å². The smallest absolute Gasteiger partial charge is 0.368 e. The number of carbonyl (C=O) groups excluding carboxylic acids is 2. The first-order valence-electron chi connectivity index (χ1n) is 5.42. The maximum absolute atomic E-state index is 12.4. The molecule has 0 radical (unpaired) electrons. The van der Waals surface area contributed by atoms with Gasteiger partial charge in [-0.3, -0.25) is 9.59 Å². The van der Waals surface area contributed by atoms with Crippen molar-refractivity contribution in [1.29, 1.82) is 0 Å². The maximum atomic E-state index is 12.4. The van der Waals surface area contributed by atoms with Gasteiger partial charge in [-0.05, 0) is 17.7 Å². The zero-order chi connectivity index (χ0) is 14.6. The molecule has 0 aliphatic rings. The van der Waals surface area contributed by atoms with Gasteiger partial charge in [0.1, 0.15) is 6.04 Å². The molecule has 0 bridgehead atoms. The molecule has 0 aliphatic heterocycles. The summed E-state index contributed by atoms with van der Waals surface area (Å²) in [7, 11) is 0. The Bertz CT molecular complexity index is 469. The molecule has 0 saturated heterocycles. The van der Waals surface area contributed by atoms with Crippen LogP contribution in [0, 0.1) is 0 Å². The fourth-order valence-electron chi connectivity index (χ4n) is 1.53. The fourth-order valence-corrected chi connectivity index (χ4v) is 1.53. The second kappa shape index (κ2) is 5.73. The molecule has 1 aromatic rings. The third-order valence-electron chi connectivity index (χ3n) is 2.44. The fraction of sp³-hybridized carbons (Fsp3) is 0.333. The second-order valence-corrected chi connectivity index (χ2v) is 4.05. The number of hydrogen-bond acceptors (Lipinski definition) is 2. The number of alkyl halides is 3. The minimum absolute atomic E-state index is 0.0487. The van der Waals surface area contributed by atoms with Crippen molar-refractivity contribution < 1.29 is 22.8 Å². The van der Waals surface area contributed by atoms with Crippen LogP contribution in [0.15, 0.2) is 24.3 Å². The number of benzene rings is 1. The van der Waals surface area contributed by atoms with Crippen molar-refractivity contribution in [2.45, 2.75) is 25.6 Å². The highest BCUT2D eigenvalue weighted by atomic mass is 19.4. The minimum Gasteiger partial charge on any atom is -0.368 e. The van der Waals surface area contributed by atoms with Gasteiger partial charge in [0, 0.05) is 13.3 Å². The van der Waals surface area contributed by atoms with Gasteiger partial charge >= 0.3 is 6.18 Å². The van der Waals surface area contributed by atoms with Gasteiger partial charge in [0.15, 0.2) is 0 Å². The normalized spacial score (nSPS) is 12.8. The van der Waals surface area contributed by atoms with Gasteiger partial charge in [0.2, 0.25) is 11.8 Å². The third-order valence-corrected chi connectivity index (χ3v) is 2.44. The SMILES string of the molecule is CC(=O)N[C@H](Cc1ccc(C(F)(F)F)cc1)C(N)=O. The third kappa shape index (κ3) is 4.61. The summed E-state index contributed by atoms with van der Waals surface area (Å²) in [6.07, 6.45) is -4.35. The summed E-state index contributed by atoms with van der Waals surface area (Å²) < 4.78 is 37.1. The van der Waals surface area contributed by atoms with Crippen LogP contribution in [0.1, 0.15) is 18.1 Å². The Balaban J connectivity index is 2.81. The van der Waals surface area contributed by atoms with Crippen LogP contribution >= 0.6 is 0 Å². The van der Waals surface area contributed by atoms with Gasteiger partial charge in [0.05, 0.1) is 5.56 Å². The number of carbonyl (C=O) groups is 2. The molecule has 0 spiro atoms. The standard InChI is InChI=1S/C12H13F3N2O2/c1-7(18)17-10(11(16)19)6-8-2-4-9(5-3-8)12(13,14)15/h2-5,10H,6H2,1H3,(H2,16,19)(H,17,18)/t10-/m1/s1. The molecule has 0 unspecified atom stereocenters. The van der Waals surface area contributed by atoms with Crippen molar-refractivity contribution in [3.63, 3.8) is 0 Å². The lowest BCUT2D eigenvalue weighted by Crippen LogP contribution is -2.44. The van der Waals surface area contributed by atoms with Gasteiger partial charge in [-0.1, -0.05) is 12.1 Å². The first-order valence-corrected chi connectivity index (χ1v) is 5.42. The molecule has 4 nitrogen and oxygen atoms in total. The molecule has 0 saturated carbocycles. The quantitative estimate of drug-likeness (QED) is 0.867. The van der Waals surface area contributed by atoms with Gasteiger partial charge < -0.3 is 11.1 Å². The van der Waals surface area contributed by atoms with E-state index in [9.17, 15) is 22.8 Å². The van der Waals surface area contributed by atoms with Crippen molar-refractivity contribution in [3.05, 3.63) is 35.4 Å². The summed E-state index contributed by atoms with van der Waals surface area (Å²) in [6, 6.07) is 3.40. The van der Waals surface area contributed by atoms with E-state index in [1.807, 2.05) is 0 Å². The molecular formula is C12H13F3N2O2. The number of nitrogens with one attached hydrogen (secondary N) is 1. The largest absolute Gasteiger partial charge is 0.416 e. The van der Waals surface area contributed by atoms with Crippen LogP contribution in [0.5, 0.6) is 0 Å². The monoisotopic (exact) mass is 274 g/mol. The van der Waals surface area contributed by atoms with E-state index in [4.69, 9.17) is 5.73 Å². The number of halogens is 3. The Morgan fingerprint density at radius 1 is 1.26 bits per heavy atom. The minimum atomic E-state index is -4.40. The summed E-state index contributed by atoms with van der Waals surface area (Å²) >= 11 is 0. The summed E-state index contributed by atoms with van der Waals surface area (Å²) in [6.45, 7) is 1.22. The van der Waals surface area contributed by atoms with E-state index in [2.05, 4.69) is 5.32 Å². The first-order chi connectivity index (χ1) is 8.70. The molecule has 0 heterocycles. The topological polar surface area (TPSA) is 72.2 Å². The van der Waals surface area contributed by atoms with E-state index in [0.29, 0.717) is 5.56 Å². The van der Waals surface area contributed by atoms with E-state index >= 15 is 0 Å². The van der Waals surface area contributed by atoms with Crippen molar-refractivity contribution in [2.75, 3.05) is 0 Å². The van der Waals surface area contributed by atoms with Crippen LogP contribution in [0.25, 0.3) is 0 Å². The average Bonchev–Trinajstić information content (AvgIpc) is 2.27. The number of nitrogens with two attached hydrogens (primary N) is 1. The molecule has 19 heavy (non-hydrogen) atoms. The van der Waals surface area contributed by atoms with Crippen molar-refractivity contribution >= 4 is 11.8 Å². The number of amides is 2. The van der Waals surface area contributed by atoms with E-state index in [0.717, 1.165) is 12.1 Å². The summed E-state index contributed by atoms with van der Waals surface area (Å²) in [5, 5.41) is 2.34. The van der Waals surface area contributed by atoms with E-state index in [1.54, 1.807) is 0 Å². The lowest BCUT2D eigenvalue weighted by atomic mass is 10.0. The van der Waals surface area contributed by atoms with Crippen LogP contribution in [0.4, 0.5) is 13.2 Å². The highest BCUT2D eigenvalue weighted by molar-refractivity contribution is 5.85. The summed E-state index contributed by atoms with van der Waals surface area (Å²) in [4.78, 5) is 22.0. The van der Waals surface area contributed by atoms with E-state index in [-0.39, 0.29) is 6.42 Å². The lowest BCUT2D eigenvalue weighted by molar-refractivity contribution is -0.137. The molecule has 1 aromatic carbocycles. The predicted octanol–water partition coefficient (Wildman–Crippen LogP) is 1.24. The van der Waals surface area contributed by atoms with Crippen molar-refractivity contribution in [1.82, 2.24) is 5.32 Å². The number of primary amides is 1. The highest BCUT2D eigenvalue weighted by Crippen LogP contribution is 2.29. The molecule has 0 fully saturated rings. The van der Waals surface area contributed by atoms with Crippen LogP contribution in [0.3, 0.4) is 0 Å². The zero-order valence-corrected chi connectivity index (χ0v) is 10.1. The summed E-state index contributed by atoms with van der Waals surface area (Å²) in [5.74, 6) is -1.18. The first kappa shape index (κ1) is 15.0. The Kier molecular flexibility index (Phi) is 4.52. The molecular weight excluding hydrogens is 261 g/mol. The van der Waals surface area contributed by atoms with Crippen molar-refractivity contribution in [2.24, 2.45) is 5.73 Å². The Hall–Kier alpha value is -2.05. The molecule has 7 heteroatoms. The highest BCUT2D eigenvalue weighted by Gasteiger charge is 2.30. The maximum Gasteiger partial charge on any atom is 0.416 e. The second-order valence-electron chi connectivity index (χ2n) is 4.05. The van der Waals surface area contributed by atoms with Gasteiger partial charge in [-0.25, -0.2) is 0 Å². The Morgan fingerprint density at radius 2 is 1.79 bits per heavy atom. The van der Waals surface area contributed by atoms with Crippen LogP contribution < -0.4 is 11.1 Å². The number of rotatable bonds is 4. The van der Waals surface area contributed by atoms with Crippen LogP contribution in [-0.4, -0.2) is 17.9 Å². The van der Waals surface area contributed by atoms with Gasteiger partial charge in [-0.2, -0.15) is 13.2 Å². The molecule has 3 N–H and O–H groups in total.